The summed E-state index contributed by atoms with van der Waals surface area (Å²) in [6.45, 7) is 0. The number of rotatable bonds is 4. The van der Waals surface area contributed by atoms with Crippen molar-refractivity contribution in [3.05, 3.63) is 162 Å². The molecule has 0 amide bonds. The van der Waals surface area contributed by atoms with Crippen LogP contribution in [-0.4, -0.2) is 10.8 Å². The third-order valence-electron chi connectivity index (χ3n) is 11.1. The van der Waals surface area contributed by atoms with E-state index in [1.54, 1.807) is 0 Å². The van der Waals surface area contributed by atoms with E-state index in [0.29, 0.717) is 0 Å². The molecule has 1 heterocycles. The topological polar surface area (TPSA) is 4.93 Å². The molecule has 8 aromatic rings. The van der Waals surface area contributed by atoms with E-state index in [1.807, 2.05) is 11.8 Å². The van der Waals surface area contributed by atoms with E-state index in [1.165, 1.54) is 110 Å². The maximum absolute atomic E-state index is 2.55. The Hall–Kier alpha value is -5.57. The average molecular weight is 642 g/mol. The van der Waals surface area contributed by atoms with Crippen LogP contribution in [0.4, 0.5) is 0 Å². The Labute approximate surface area is 289 Å². The Morgan fingerprint density at radius 3 is 2.16 bits per heavy atom. The van der Waals surface area contributed by atoms with Gasteiger partial charge in [0.2, 0.25) is 0 Å². The first-order valence-corrected chi connectivity index (χ1v) is 18.4. The van der Waals surface area contributed by atoms with Crippen LogP contribution in [0.2, 0.25) is 0 Å². The summed E-state index contributed by atoms with van der Waals surface area (Å²) in [6, 6.07) is 50.0. The predicted molar refractivity (Wildman–Crippen MR) is 210 cm³/mol. The summed E-state index contributed by atoms with van der Waals surface area (Å²) in [4.78, 5) is 1.33. The summed E-state index contributed by atoms with van der Waals surface area (Å²) >= 11 is 1.84. The summed E-state index contributed by atoms with van der Waals surface area (Å²) in [5.41, 5.74) is 20.3. The Bertz CT molecular complexity index is 2780. The van der Waals surface area contributed by atoms with E-state index in [-0.39, 0.29) is 0 Å². The third kappa shape index (κ3) is 3.73. The summed E-state index contributed by atoms with van der Waals surface area (Å²) in [5, 5.41) is 5.32. The highest BCUT2D eigenvalue weighted by atomic mass is 32.2. The third-order valence-corrected chi connectivity index (χ3v) is 11.9. The van der Waals surface area contributed by atoms with Crippen molar-refractivity contribution >= 4 is 49.9 Å². The molecule has 2 heteroatoms. The number of para-hydroxylation sites is 1. The van der Waals surface area contributed by atoms with Gasteiger partial charge in [-0.1, -0.05) is 115 Å². The molecule has 0 spiro atoms. The minimum absolute atomic E-state index is 0.971. The van der Waals surface area contributed by atoms with E-state index in [0.717, 1.165) is 12.8 Å². The van der Waals surface area contributed by atoms with Crippen LogP contribution in [0.5, 0.6) is 0 Å². The Morgan fingerprint density at radius 1 is 0.571 bits per heavy atom. The summed E-state index contributed by atoms with van der Waals surface area (Å²) in [7, 11) is 0. The van der Waals surface area contributed by atoms with Crippen molar-refractivity contribution in [1.82, 2.24) is 4.57 Å². The van der Waals surface area contributed by atoms with Crippen molar-refractivity contribution in [3.63, 3.8) is 0 Å². The molecule has 0 N–H and O–H groups in total. The number of nitrogens with zero attached hydrogens (tertiary/aromatic N) is 1. The number of hydrogen-bond acceptors (Lipinski definition) is 1. The SMILES string of the molecule is CSc1ccccc1-c1cc2c3ccccc3n(-c3cccc(-c4ccc5c6c(cccc46)-c4ccccc4-5)c3)c2c2c1C1=C(C=CC1)C2. The van der Waals surface area contributed by atoms with Gasteiger partial charge >= 0.3 is 0 Å². The fourth-order valence-electron chi connectivity index (χ4n) is 9.11. The molecule has 7 aromatic carbocycles. The zero-order valence-corrected chi connectivity index (χ0v) is 27.9. The average Bonchev–Trinajstić information content (AvgIpc) is 3.92. The van der Waals surface area contributed by atoms with E-state index in [9.17, 15) is 0 Å². The molecular formula is C47H31NS. The summed E-state index contributed by atoms with van der Waals surface area (Å²) < 4.78 is 2.55. The van der Waals surface area contributed by atoms with Gasteiger partial charge in [-0.05, 0) is 121 Å². The predicted octanol–water partition coefficient (Wildman–Crippen LogP) is 12.9. The second kappa shape index (κ2) is 10.2. The Morgan fingerprint density at radius 2 is 1.29 bits per heavy atom. The van der Waals surface area contributed by atoms with Crippen LogP contribution in [0.1, 0.15) is 17.5 Å². The normalized spacial score (nSPS) is 14.0. The first-order valence-electron chi connectivity index (χ1n) is 17.2. The molecule has 0 radical (unpaired) electrons. The standard InChI is InChI=1S/C47H31NS/c1-49-44-22-7-5-17-36(44)40-27-41-35-16-4-6-21-43(35)48(47(41)42-26-29-12-9-18-32(29)45(40)42)30-13-8-11-28(25-30)31-23-24-39-34-15-3-2-14-33(34)38-20-10-19-37(31)46(38)39/h2-17,19-25,27H,18,26H2,1H3. The summed E-state index contributed by atoms with van der Waals surface area (Å²) in [6.07, 6.45) is 8.88. The Balaban J connectivity index is 1.17. The van der Waals surface area contributed by atoms with Crippen molar-refractivity contribution in [3.8, 4) is 50.2 Å². The minimum atomic E-state index is 0.971. The summed E-state index contributed by atoms with van der Waals surface area (Å²) in [5.74, 6) is 0. The number of aromatic nitrogens is 1. The molecule has 11 rings (SSSR count). The van der Waals surface area contributed by atoms with Crippen molar-refractivity contribution in [1.29, 1.82) is 0 Å². The van der Waals surface area contributed by atoms with Gasteiger partial charge in [0, 0.05) is 27.8 Å². The number of hydrogen-bond donors (Lipinski definition) is 0. The highest BCUT2D eigenvalue weighted by Gasteiger charge is 2.31. The van der Waals surface area contributed by atoms with Gasteiger partial charge in [0.25, 0.3) is 0 Å². The molecule has 0 atom stereocenters. The molecule has 0 saturated heterocycles. The van der Waals surface area contributed by atoms with Gasteiger partial charge in [0.15, 0.2) is 0 Å². The monoisotopic (exact) mass is 641 g/mol. The molecule has 1 aromatic heterocycles. The van der Waals surface area contributed by atoms with Gasteiger partial charge in [0.05, 0.1) is 11.0 Å². The molecule has 0 fully saturated rings. The fourth-order valence-corrected chi connectivity index (χ4v) is 9.73. The van der Waals surface area contributed by atoms with Crippen molar-refractivity contribution in [2.75, 3.05) is 6.26 Å². The zero-order valence-electron chi connectivity index (χ0n) is 27.1. The molecule has 230 valence electrons. The number of benzene rings is 7. The second-order valence-electron chi connectivity index (χ2n) is 13.5. The molecule has 3 aliphatic rings. The maximum atomic E-state index is 2.55. The molecular weight excluding hydrogens is 611 g/mol. The molecule has 49 heavy (non-hydrogen) atoms. The van der Waals surface area contributed by atoms with Crippen LogP contribution in [-0.2, 0) is 6.42 Å². The van der Waals surface area contributed by atoms with Crippen LogP contribution in [0.15, 0.2) is 156 Å². The second-order valence-corrected chi connectivity index (χ2v) is 14.3. The van der Waals surface area contributed by atoms with Crippen LogP contribution in [0.3, 0.4) is 0 Å². The van der Waals surface area contributed by atoms with E-state index < -0.39 is 0 Å². The van der Waals surface area contributed by atoms with Crippen LogP contribution >= 0.6 is 11.8 Å². The van der Waals surface area contributed by atoms with E-state index in [2.05, 4.69) is 156 Å². The minimum Gasteiger partial charge on any atom is -0.309 e. The van der Waals surface area contributed by atoms with Crippen LogP contribution in [0.25, 0.3) is 88.3 Å². The maximum Gasteiger partial charge on any atom is 0.0582 e. The van der Waals surface area contributed by atoms with Gasteiger partial charge in [-0.2, -0.15) is 0 Å². The smallest absolute Gasteiger partial charge is 0.0582 e. The first-order chi connectivity index (χ1) is 24.3. The lowest BCUT2D eigenvalue weighted by atomic mass is 9.90. The lowest BCUT2D eigenvalue weighted by Crippen LogP contribution is -2.00. The lowest BCUT2D eigenvalue weighted by molar-refractivity contribution is 1.15. The van der Waals surface area contributed by atoms with Crippen molar-refractivity contribution < 1.29 is 0 Å². The van der Waals surface area contributed by atoms with Crippen LogP contribution < -0.4 is 0 Å². The molecule has 0 bridgehead atoms. The largest absolute Gasteiger partial charge is 0.309 e. The highest BCUT2D eigenvalue weighted by molar-refractivity contribution is 7.98. The van der Waals surface area contributed by atoms with Gasteiger partial charge < -0.3 is 4.57 Å². The van der Waals surface area contributed by atoms with E-state index >= 15 is 0 Å². The molecule has 0 aliphatic heterocycles. The molecule has 0 saturated carbocycles. The van der Waals surface area contributed by atoms with Gasteiger partial charge in [-0.3, -0.25) is 0 Å². The molecule has 3 aliphatic carbocycles. The van der Waals surface area contributed by atoms with Crippen molar-refractivity contribution in [2.24, 2.45) is 0 Å². The Kier molecular flexibility index (Phi) is 5.71. The van der Waals surface area contributed by atoms with Gasteiger partial charge in [-0.25, -0.2) is 0 Å². The number of allylic oxidation sites excluding steroid dienone is 4. The van der Waals surface area contributed by atoms with Gasteiger partial charge in [-0.15, -0.1) is 11.8 Å². The highest BCUT2D eigenvalue weighted by Crippen LogP contribution is 2.52. The van der Waals surface area contributed by atoms with E-state index in [4.69, 9.17) is 0 Å². The quantitative estimate of drug-likeness (QED) is 0.173. The van der Waals surface area contributed by atoms with Crippen molar-refractivity contribution in [2.45, 2.75) is 17.7 Å². The fraction of sp³-hybridized carbons (Fsp3) is 0.0638. The zero-order chi connectivity index (χ0) is 32.2. The molecule has 1 nitrogen and oxygen atoms in total. The van der Waals surface area contributed by atoms with Crippen LogP contribution in [0, 0.1) is 0 Å². The first kappa shape index (κ1) is 27.4. The molecule has 0 unspecified atom stereocenters. The van der Waals surface area contributed by atoms with Gasteiger partial charge in [0.1, 0.15) is 0 Å². The number of thioether (sulfide) groups is 1. The number of fused-ring (bicyclic) bond motifs is 9. The lowest BCUT2D eigenvalue weighted by Gasteiger charge is -2.18.